The fourth-order valence-electron chi connectivity index (χ4n) is 2.57. The highest BCUT2D eigenvalue weighted by Crippen LogP contribution is 2.46. The number of methoxy groups -OCH3 is 3. The summed E-state index contributed by atoms with van der Waals surface area (Å²) in [6, 6.07) is 3.76. The molecule has 0 saturated heterocycles. The lowest BCUT2D eigenvalue weighted by atomic mass is 10.1. The van der Waals surface area contributed by atoms with Crippen LogP contribution in [0.25, 0.3) is 0 Å². The number of hydrogen-bond donors (Lipinski definition) is 1. The quantitative estimate of drug-likeness (QED) is 0.462. The van der Waals surface area contributed by atoms with E-state index < -0.39 is 29.3 Å². The average Bonchev–Trinajstić information content (AvgIpc) is 2.73. The van der Waals surface area contributed by atoms with E-state index in [0.29, 0.717) is 5.56 Å². The van der Waals surface area contributed by atoms with Crippen LogP contribution in [0.5, 0.6) is 23.1 Å². The highest BCUT2D eigenvalue weighted by Gasteiger charge is 2.32. The van der Waals surface area contributed by atoms with Gasteiger partial charge in [-0.2, -0.15) is 13.2 Å². The standard InChI is InChI=1S/C18H18F3N3O7/c1-28-12-7-11(14(24(26)27)16(30-3)15(12)29-2)17(25)23-8-10-4-5-22-13(6-10)31-9-18(19,20)21/h4-7H,8-9H2,1-3H3,(H,23,25). The van der Waals surface area contributed by atoms with E-state index in [-0.39, 0.29) is 35.2 Å². The van der Waals surface area contributed by atoms with Crippen LogP contribution in [-0.4, -0.2) is 49.9 Å². The number of carbonyl (C=O) groups excluding carboxylic acids is 1. The van der Waals surface area contributed by atoms with Gasteiger partial charge in [0.05, 0.1) is 26.3 Å². The Bertz CT molecular complexity index is 967. The first-order chi connectivity index (χ1) is 14.6. The number of hydrogen-bond acceptors (Lipinski definition) is 8. The maximum absolute atomic E-state index is 12.7. The lowest BCUT2D eigenvalue weighted by Gasteiger charge is -2.15. The molecule has 1 heterocycles. The van der Waals surface area contributed by atoms with Crippen LogP contribution in [0.15, 0.2) is 24.4 Å². The van der Waals surface area contributed by atoms with Gasteiger partial charge in [0.2, 0.25) is 17.4 Å². The smallest absolute Gasteiger partial charge is 0.422 e. The van der Waals surface area contributed by atoms with Crippen molar-refractivity contribution in [3.05, 3.63) is 45.6 Å². The van der Waals surface area contributed by atoms with Crippen LogP contribution in [0.1, 0.15) is 15.9 Å². The molecule has 0 spiro atoms. The van der Waals surface area contributed by atoms with Gasteiger partial charge in [-0.1, -0.05) is 0 Å². The molecule has 0 bridgehead atoms. The summed E-state index contributed by atoms with van der Waals surface area (Å²) in [4.78, 5) is 27.1. The zero-order chi connectivity index (χ0) is 23.2. The Morgan fingerprint density at radius 2 is 1.84 bits per heavy atom. The number of halogens is 3. The summed E-state index contributed by atoms with van der Waals surface area (Å²) in [7, 11) is 3.71. The van der Waals surface area contributed by atoms with E-state index in [9.17, 15) is 28.1 Å². The van der Waals surface area contributed by atoms with Gasteiger partial charge in [-0.25, -0.2) is 4.98 Å². The number of rotatable bonds is 9. The van der Waals surface area contributed by atoms with Gasteiger partial charge in [-0.15, -0.1) is 0 Å². The van der Waals surface area contributed by atoms with Crippen LogP contribution in [0.4, 0.5) is 18.9 Å². The van der Waals surface area contributed by atoms with Crippen LogP contribution in [-0.2, 0) is 6.54 Å². The monoisotopic (exact) mass is 445 g/mol. The largest absolute Gasteiger partial charge is 0.493 e. The van der Waals surface area contributed by atoms with Gasteiger partial charge < -0.3 is 24.3 Å². The first-order valence-corrected chi connectivity index (χ1v) is 8.51. The minimum atomic E-state index is -4.53. The summed E-state index contributed by atoms with van der Waals surface area (Å²) in [5.41, 5.74) is -0.640. The van der Waals surface area contributed by atoms with Gasteiger partial charge in [0.1, 0.15) is 5.56 Å². The van der Waals surface area contributed by atoms with Crippen LogP contribution >= 0.6 is 0 Å². The molecule has 1 N–H and O–H groups in total. The average molecular weight is 445 g/mol. The van der Waals surface area contributed by atoms with E-state index in [4.69, 9.17) is 14.2 Å². The van der Waals surface area contributed by atoms with E-state index in [0.717, 1.165) is 6.07 Å². The molecular formula is C18H18F3N3O7. The molecule has 10 nitrogen and oxygen atoms in total. The zero-order valence-corrected chi connectivity index (χ0v) is 16.6. The number of pyridine rings is 1. The summed E-state index contributed by atoms with van der Waals surface area (Å²) >= 11 is 0. The Balaban J connectivity index is 2.27. The van der Waals surface area contributed by atoms with Gasteiger partial charge in [0.15, 0.2) is 12.4 Å². The van der Waals surface area contributed by atoms with Gasteiger partial charge in [0.25, 0.3) is 5.91 Å². The number of amides is 1. The molecular weight excluding hydrogens is 427 g/mol. The lowest BCUT2D eigenvalue weighted by Crippen LogP contribution is -2.24. The third-order valence-electron chi connectivity index (χ3n) is 3.87. The van der Waals surface area contributed by atoms with Gasteiger partial charge in [0, 0.05) is 24.9 Å². The molecule has 0 atom stereocenters. The second-order valence-electron chi connectivity index (χ2n) is 5.89. The van der Waals surface area contributed by atoms with Crippen molar-refractivity contribution in [2.75, 3.05) is 27.9 Å². The number of benzene rings is 1. The number of nitro groups is 1. The van der Waals surface area contributed by atoms with Crippen LogP contribution < -0.4 is 24.3 Å². The SMILES string of the molecule is COc1cc(C(=O)NCc2ccnc(OCC(F)(F)F)c2)c([N+](=O)[O-])c(OC)c1OC. The number of nitrogens with zero attached hydrogens (tertiary/aromatic N) is 2. The highest BCUT2D eigenvalue weighted by atomic mass is 19.4. The molecule has 0 aliphatic heterocycles. The fourth-order valence-corrected chi connectivity index (χ4v) is 2.57. The molecule has 168 valence electrons. The molecule has 1 aromatic carbocycles. The van der Waals surface area contributed by atoms with Crippen molar-refractivity contribution >= 4 is 11.6 Å². The van der Waals surface area contributed by atoms with Crippen molar-refractivity contribution in [1.82, 2.24) is 10.3 Å². The molecule has 0 aliphatic rings. The van der Waals surface area contributed by atoms with E-state index >= 15 is 0 Å². The molecule has 1 amide bonds. The number of carbonyl (C=O) groups is 1. The Morgan fingerprint density at radius 3 is 2.39 bits per heavy atom. The fraction of sp³-hybridized carbons (Fsp3) is 0.333. The van der Waals surface area contributed by atoms with Crippen molar-refractivity contribution < 1.29 is 41.8 Å². The van der Waals surface area contributed by atoms with Crippen molar-refractivity contribution in [3.8, 4) is 23.1 Å². The summed E-state index contributed by atoms with van der Waals surface area (Å²) in [5.74, 6) is -1.47. The molecule has 0 radical (unpaired) electrons. The van der Waals surface area contributed by atoms with Crippen molar-refractivity contribution in [2.45, 2.75) is 12.7 Å². The molecule has 0 fully saturated rings. The normalized spacial score (nSPS) is 10.9. The molecule has 0 aliphatic carbocycles. The van der Waals surface area contributed by atoms with E-state index in [1.165, 1.54) is 39.7 Å². The van der Waals surface area contributed by atoms with Gasteiger partial charge in [-0.3, -0.25) is 14.9 Å². The van der Waals surface area contributed by atoms with Crippen molar-refractivity contribution in [2.24, 2.45) is 0 Å². The number of alkyl halides is 3. The Hall–Kier alpha value is -3.77. The van der Waals surface area contributed by atoms with Gasteiger partial charge >= 0.3 is 11.9 Å². The highest BCUT2D eigenvalue weighted by molar-refractivity contribution is 6.00. The van der Waals surface area contributed by atoms with E-state index in [1.54, 1.807) is 0 Å². The maximum Gasteiger partial charge on any atom is 0.422 e. The molecule has 13 heteroatoms. The zero-order valence-electron chi connectivity index (χ0n) is 16.6. The number of nitro benzene ring substituents is 1. The van der Waals surface area contributed by atoms with Crippen LogP contribution in [0.3, 0.4) is 0 Å². The van der Waals surface area contributed by atoms with Crippen LogP contribution in [0, 0.1) is 10.1 Å². The second kappa shape index (κ2) is 9.82. The molecule has 2 aromatic rings. The Labute approximate surface area is 174 Å². The lowest BCUT2D eigenvalue weighted by molar-refractivity contribution is -0.386. The summed E-state index contributed by atoms with van der Waals surface area (Å²) in [6.45, 7) is -1.69. The number of ether oxygens (including phenoxy) is 4. The van der Waals surface area contributed by atoms with Crippen molar-refractivity contribution in [1.29, 1.82) is 0 Å². The predicted molar refractivity (Wildman–Crippen MR) is 99.7 cm³/mol. The predicted octanol–water partition coefficient (Wildman–Crippen LogP) is 2.89. The first-order valence-electron chi connectivity index (χ1n) is 8.51. The third kappa shape index (κ3) is 5.87. The first kappa shape index (κ1) is 23.5. The second-order valence-corrected chi connectivity index (χ2v) is 5.89. The maximum atomic E-state index is 12.7. The van der Waals surface area contributed by atoms with E-state index in [1.807, 2.05) is 0 Å². The minimum absolute atomic E-state index is 0.0295. The summed E-state index contributed by atoms with van der Waals surface area (Å²) in [5, 5.41) is 14.0. The Morgan fingerprint density at radius 1 is 1.16 bits per heavy atom. The Kier molecular flexibility index (Phi) is 7.45. The minimum Gasteiger partial charge on any atom is -0.493 e. The van der Waals surface area contributed by atoms with E-state index in [2.05, 4.69) is 15.0 Å². The molecule has 2 rings (SSSR count). The van der Waals surface area contributed by atoms with Crippen molar-refractivity contribution in [3.63, 3.8) is 0 Å². The third-order valence-corrected chi connectivity index (χ3v) is 3.87. The molecule has 0 saturated carbocycles. The topological polar surface area (TPSA) is 122 Å². The van der Waals surface area contributed by atoms with Gasteiger partial charge in [-0.05, 0) is 11.6 Å². The molecule has 0 unspecified atom stereocenters. The number of aromatic nitrogens is 1. The van der Waals surface area contributed by atoms with Crippen LogP contribution in [0.2, 0.25) is 0 Å². The summed E-state index contributed by atoms with van der Waals surface area (Å²) < 4.78 is 56.6. The molecule has 31 heavy (non-hydrogen) atoms. The molecule has 1 aromatic heterocycles. The number of nitrogens with one attached hydrogen (secondary N) is 1. The summed E-state index contributed by atoms with van der Waals surface area (Å²) in [6.07, 6.45) is -3.33.